The lowest BCUT2D eigenvalue weighted by atomic mass is 10.0. The number of carbonyl (C=O) groups excluding carboxylic acids is 2. The lowest BCUT2D eigenvalue weighted by Gasteiger charge is -2.08. The summed E-state index contributed by atoms with van der Waals surface area (Å²) in [6, 6.07) is 5.86. The Bertz CT molecular complexity index is 502. The van der Waals surface area contributed by atoms with Crippen LogP contribution in [-0.4, -0.2) is 28.6 Å². The number of esters is 1. The number of carbonyl (C=O) groups is 2. The van der Waals surface area contributed by atoms with Gasteiger partial charge in [0.1, 0.15) is 17.1 Å². The second-order valence-corrected chi connectivity index (χ2v) is 3.52. The molecule has 0 aliphatic heterocycles. The van der Waals surface area contributed by atoms with E-state index in [0.29, 0.717) is 0 Å². The lowest BCUT2D eigenvalue weighted by Crippen LogP contribution is -2.16. The number of hydrogen-bond donors (Lipinski definition) is 2. The van der Waals surface area contributed by atoms with Gasteiger partial charge in [-0.05, 0) is 26.0 Å². The first kappa shape index (κ1) is 13.8. The summed E-state index contributed by atoms with van der Waals surface area (Å²) < 4.78 is 4.69. The highest BCUT2D eigenvalue weighted by atomic mass is 16.5. The third-order valence-electron chi connectivity index (χ3n) is 2.23. The molecular formula is C13H14O5. The number of Topliss-reactive ketones (excluding diaryl/α,β-unsaturated/α-hetero) is 1. The first-order chi connectivity index (χ1) is 8.49. The largest absolute Gasteiger partial charge is 0.507 e. The number of ketones is 1. The van der Waals surface area contributed by atoms with Gasteiger partial charge in [0, 0.05) is 0 Å². The molecule has 0 saturated carbocycles. The van der Waals surface area contributed by atoms with Gasteiger partial charge in [0.15, 0.2) is 5.78 Å². The number of benzene rings is 1. The summed E-state index contributed by atoms with van der Waals surface area (Å²) in [6.07, 6.45) is 0. The molecule has 0 atom stereocenters. The predicted octanol–water partition coefficient (Wildman–Crippen LogP) is 1.81. The average Bonchev–Trinajstić information content (AvgIpc) is 2.29. The Kier molecular flexibility index (Phi) is 4.48. The van der Waals surface area contributed by atoms with Gasteiger partial charge in [-0.1, -0.05) is 12.1 Å². The molecule has 1 rings (SSSR count). The minimum Gasteiger partial charge on any atom is -0.507 e. The number of hydrogen-bond acceptors (Lipinski definition) is 5. The number of phenols is 1. The number of ether oxygens (including phenoxy) is 1. The van der Waals surface area contributed by atoms with Crippen LogP contribution in [0.3, 0.4) is 0 Å². The van der Waals surface area contributed by atoms with E-state index in [2.05, 4.69) is 4.74 Å². The highest BCUT2D eigenvalue weighted by Gasteiger charge is 2.23. The highest BCUT2D eigenvalue weighted by Crippen LogP contribution is 2.25. The molecule has 0 aromatic heterocycles. The van der Waals surface area contributed by atoms with E-state index in [9.17, 15) is 19.8 Å². The van der Waals surface area contributed by atoms with Crippen molar-refractivity contribution in [3.8, 4) is 5.75 Å². The van der Waals surface area contributed by atoms with E-state index in [1.165, 1.54) is 12.1 Å². The van der Waals surface area contributed by atoms with Crippen molar-refractivity contribution in [2.24, 2.45) is 0 Å². The molecule has 2 N–H and O–H groups in total. The zero-order valence-corrected chi connectivity index (χ0v) is 10.1. The van der Waals surface area contributed by atoms with Gasteiger partial charge in [0.2, 0.25) is 0 Å². The minimum atomic E-state index is -0.911. The summed E-state index contributed by atoms with van der Waals surface area (Å²) in [6.45, 7) is 2.82. The van der Waals surface area contributed by atoms with Gasteiger partial charge in [-0.25, -0.2) is 4.79 Å². The summed E-state index contributed by atoms with van der Waals surface area (Å²) in [5.74, 6) is -2.35. The topological polar surface area (TPSA) is 83.8 Å². The van der Waals surface area contributed by atoms with Crippen molar-refractivity contribution in [3.05, 3.63) is 35.4 Å². The highest BCUT2D eigenvalue weighted by molar-refractivity contribution is 6.21. The maximum absolute atomic E-state index is 11.6. The van der Waals surface area contributed by atoms with Crippen LogP contribution in [0.5, 0.6) is 5.75 Å². The van der Waals surface area contributed by atoms with E-state index in [4.69, 9.17) is 0 Å². The fourth-order valence-corrected chi connectivity index (χ4v) is 1.42. The van der Waals surface area contributed by atoms with Crippen molar-refractivity contribution >= 4 is 17.5 Å². The van der Waals surface area contributed by atoms with E-state index >= 15 is 0 Å². The van der Waals surface area contributed by atoms with Crippen LogP contribution >= 0.6 is 0 Å². The Hall–Kier alpha value is -2.30. The number of aromatic hydroxyl groups is 1. The molecule has 96 valence electrons. The normalized spacial score (nSPS) is 11.7. The summed E-state index contributed by atoms with van der Waals surface area (Å²) in [4.78, 5) is 23.0. The molecule has 18 heavy (non-hydrogen) atoms. The molecule has 0 amide bonds. The average molecular weight is 250 g/mol. The van der Waals surface area contributed by atoms with Crippen molar-refractivity contribution in [3.63, 3.8) is 0 Å². The monoisotopic (exact) mass is 250 g/mol. The minimum absolute atomic E-state index is 0.00996. The van der Waals surface area contributed by atoms with Crippen LogP contribution in [0, 0.1) is 0 Å². The van der Waals surface area contributed by atoms with Crippen LogP contribution in [-0.2, 0) is 14.3 Å². The maximum atomic E-state index is 11.6. The van der Waals surface area contributed by atoms with Gasteiger partial charge in [-0.2, -0.15) is 0 Å². The van der Waals surface area contributed by atoms with Gasteiger partial charge < -0.3 is 14.9 Å². The summed E-state index contributed by atoms with van der Waals surface area (Å²) in [5.41, 5.74) is -0.464. The first-order valence-corrected chi connectivity index (χ1v) is 5.38. The smallest absolute Gasteiger partial charge is 0.345 e. The first-order valence-electron chi connectivity index (χ1n) is 5.38. The SMILES string of the molecule is CCOC(=O)/C(C(C)=O)=C(/O)c1ccccc1O. The van der Waals surface area contributed by atoms with Crippen LogP contribution in [0.15, 0.2) is 29.8 Å². The summed E-state index contributed by atoms with van der Waals surface area (Å²) >= 11 is 0. The zero-order chi connectivity index (χ0) is 13.7. The van der Waals surface area contributed by atoms with Crippen molar-refractivity contribution in [1.82, 2.24) is 0 Å². The van der Waals surface area contributed by atoms with Crippen LogP contribution in [0.4, 0.5) is 0 Å². The molecule has 0 bridgehead atoms. The molecule has 0 radical (unpaired) electrons. The zero-order valence-electron chi connectivity index (χ0n) is 10.1. The van der Waals surface area contributed by atoms with Gasteiger partial charge in [-0.3, -0.25) is 4.79 Å². The number of aliphatic hydroxyl groups excluding tert-OH is 1. The van der Waals surface area contributed by atoms with E-state index in [-0.39, 0.29) is 17.9 Å². The Morgan fingerprint density at radius 3 is 2.39 bits per heavy atom. The standard InChI is InChI=1S/C13H14O5/c1-3-18-13(17)11(8(2)14)12(16)9-6-4-5-7-10(9)15/h4-7,15-16H,3H2,1-2H3/b12-11+. The molecule has 0 heterocycles. The molecule has 1 aromatic rings. The Balaban J connectivity index is 3.33. The molecule has 5 nitrogen and oxygen atoms in total. The third-order valence-corrected chi connectivity index (χ3v) is 2.23. The van der Waals surface area contributed by atoms with Crippen molar-refractivity contribution in [2.75, 3.05) is 6.61 Å². The maximum Gasteiger partial charge on any atom is 0.345 e. The second-order valence-electron chi connectivity index (χ2n) is 3.52. The van der Waals surface area contributed by atoms with Crippen LogP contribution in [0.25, 0.3) is 5.76 Å². The van der Waals surface area contributed by atoms with E-state index in [1.54, 1.807) is 19.1 Å². The van der Waals surface area contributed by atoms with Gasteiger partial charge in [0.25, 0.3) is 0 Å². The molecular weight excluding hydrogens is 236 g/mol. The van der Waals surface area contributed by atoms with E-state index < -0.39 is 23.1 Å². The van der Waals surface area contributed by atoms with Crippen molar-refractivity contribution < 1.29 is 24.5 Å². The molecule has 0 unspecified atom stereocenters. The molecule has 0 fully saturated rings. The quantitative estimate of drug-likeness (QED) is 0.280. The van der Waals surface area contributed by atoms with E-state index in [0.717, 1.165) is 6.92 Å². The van der Waals surface area contributed by atoms with Gasteiger partial charge in [0.05, 0.1) is 12.2 Å². The Morgan fingerprint density at radius 1 is 1.28 bits per heavy atom. The molecule has 5 heteroatoms. The predicted molar refractivity (Wildman–Crippen MR) is 65.0 cm³/mol. The number of aliphatic hydroxyl groups is 1. The van der Waals surface area contributed by atoms with Crippen molar-refractivity contribution in [2.45, 2.75) is 13.8 Å². The molecule has 0 aliphatic carbocycles. The fourth-order valence-electron chi connectivity index (χ4n) is 1.42. The summed E-state index contributed by atoms with van der Waals surface area (Å²) in [5, 5.41) is 19.5. The number of para-hydroxylation sites is 1. The van der Waals surface area contributed by atoms with Crippen LogP contribution < -0.4 is 0 Å². The Morgan fingerprint density at radius 2 is 1.89 bits per heavy atom. The fraction of sp³-hybridized carbons (Fsp3) is 0.231. The lowest BCUT2D eigenvalue weighted by molar-refractivity contribution is -0.139. The van der Waals surface area contributed by atoms with E-state index in [1.807, 2.05) is 0 Å². The molecule has 0 saturated heterocycles. The molecule has 1 aromatic carbocycles. The van der Waals surface area contributed by atoms with Gasteiger partial charge >= 0.3 is 5.97 Å². The van der Waals surface area contributed by atoms with Crippen LogP contribution in [0.2, 0.25) is 0 Å². The van der Waals surface area contributed by atoms with Crippen LogP contribution in [0.1, 0.15) is 19.4 Å². The summed E-state index contributed by atoms with van der Waals surface area (Å²) in [7, 11) is 0. The molecule has 0 aliphatic rings. The third kappa shape index (κ3) is 2.88. The van der Waals surface area contributed by atoms with Gasteiger partial charge in [-0.15, -0.1) is 0 Å². The Labute approximate surface area is 104 Å². The number of phenolic OH excluding ortho intramolecular Hbond substituents is 1. The molecule has 0 spiro atoms. The number of rotatable bonds is 4. The van der Waals surface area contributed by atoms with Crippen molar-refractivity contribution in [1.29, 1.82) is 0 Å². The second kappa shape index (κ2) is 5.86.